The largest absolute Gasteiger partial charge is 0.759 e. The zero-order valence-electron chi connectivity index (χ0n) is 10.6. The number of quaternary nitrogens is 2. The first-order valence-corrected chi connectivity index (χ1v) is 6.10. The van der Waals surface area contributed by atoms with Gasteiger partial charge in [0, 0.05) is 10.4 Å². The molecule has 0 aliphatic heterocycles. The molecule has 0 heterocycles. The van der Waals surface area contributed by atoms with Crippen molar-refractivity contribution in [1.29, 1.82) is 0 Å². The third kappa shape index (κ3) is 14.4. The van der Waals surface area contributed by atoms with Gasteiger partial charge >= 0.3 is 24.2 Å². The van der Waals surface area contributed by atoms with Gasteiger partial charge in [-0.15, -0.1) is 0 Å². The first-order chi connectivity index (χ1) is 9.62. The van der Waals surface area contributed by atoms with E-state index in [-0.39, 0.29) is 0 Å². The second kappa shape index (κ2) is 8.81. The number of hydrogen-bond donors (Lipinski definition) is 2. The summed E-state index contributed by atoms with van der Waals surface area (Å²) < 4.78 is 146. The number of alkyl halides is 10. The van der Waals surface area contributed by atoms with E-state index in [1.54, 1.807) is 0 Å². The summed E-state index contributed by atoms with van der Waals surface area (Å²) in [4.78, 5) is 0. The minimum absolute atomic E-state index is 1.45. The zero-order valence-corrected chi connectivity index (χ0v) is 11.5. The van der Waals surface area contributed by atoms with Crippen LogP contribution >= 0.6 is 0 Å². The highest BCUT2D eigenvalue weighted by molar-refractivity contribution is 7.79. The van der Waals surface area contributed by atoms with Crippen LogP contribution in [0.1, 0.15) is 0 Å². The van der Waals surface area contributed by atoms with Gasteiger partial charge in [-0.3, -0.25) is 8.42 Å². The monoisotopic (exact) mass is 396 g/mol. The topological polar surface area (TPSA) is 136 Å². The zero-order chi connectivity index (χ0) is 19.9. The summed E-state index contributed by atoms with van der Waals surface area (Å²) in [5.74, 6) is -9.26. The van der Waals surface area contributed by atoms with E-state index in [0.29, 0.717) is 0 Å². The number of rotatable bonds is 2. The van der Waals surface area contributed by atoms with Gasteiger partial charge in [0.15, 0.2) is 0 Å². The summed E-state index contributed by atoms with van der Waals surface area (Å²) >= 11 is 0. The van der Waals surface area contributed by atoms with Crippen LogP contribution < -0.4 is 11.5 Å². The first-order valence-electron chi connectivity index (χ1n) is 4.76. The molecule has 0 unspecified atom stereocenters. The Morgan fingerprint density at radius 1 is 0.652 bits per heavy atom. The Hall–Kier alpha value is -0.910. The third-order valence-corrected chi connectivity index (χ3v) is 1.46. The SMILES string of the molecule is O=S(=O)([O-])[O-].[NH3+]CC(F)(F)C(F)(F)F.[NH3+]CC(F)(F)C(F)(F)F. The normalized spacial score (nSPS) is 13.5. The van der Waals surface area contributed by atoms with E-state index in [1.807, 2.05) is 0 Å². The second-order valence-corrected chi connectivity index (χ2v) is 4.13. The summed E-state index contributed by atoms with van der Waals surface area (Å²) in [6.07, 6.45) is -10.9. The molecule has 0 aliphatic rings. The van der Waals surface area contributed by atoms with Gasteiger partial charge < -0.3 is 20.6 Å². The maximum atomic E-state index is 11.5. The fourth-order valence-electron chi connectivity index (χ4n) is 0.283. The van der Waals surface area contributed by atoms with Crippen LogP contribution in [-0.4, -0.2) is 54.8 Å². The van der Waals surface area contributed by atoms with E-state index >= 15 is 0 Å². The molecule has 0 rings (SSSR count). The molecule has 6 nitrogen and oxygen atoms in total. The van der Waals surface area contributed by atoms with Gasteiger partial charge in [-0.05, 0) is 0 Å². The average Bonchev–Trinajstić information content (AvgIpc) is 2.24. The molecule has 0 atom stereocenters. The molecule has 0 aromatic rings. The Bertz CT molecular complexity index is 398. The van der Waals surface area contributed by atoms with E-state index < -0.39 is 47.7 Å². The van der Waals surface area contributed by atoms with E-state index in [1.165, 1.54) is 0 Å². The third-order valence-electron chi connectivity index (χ3n) is 1.46. The van der Waals surface area contributed by atoms with Crippen LogP contribution in [0.15, 0.2) is 0 Å². The van der Waals surface area contributed by atoms with Crippen molar-refractivity contribution in [2.24, 2.45) is 0 Å². The van der Waals surface area contributed by atoms with Crippen LogP contribution in [0.25, 0.3) is 0 Å². The van der Waals surface area contributed by atoms with Crippen LogP contribution in [0.3, 0.4) is 0 Å². The highest BCUT2D eigenvalue weighted by Gasteiger charge is 2.58. The Balaban J connectivity index is -0.000000273. The summed E-state index contributed by atoms with van der Waals surface area (Å²) in [5.41, 5.74) is 4.91. The molecule has 0 amide bonds. The van der Waals surface area contributed by atoms with Crippen molar-refractivity contribution < 1.29 is 72.9 Å². The Kier molecular flexibility index (Phi) is 10.3. The molecule has 0 saturated carbocycles. The van der Waals surface area contributed by atoms with Crippen molar-refractivity contribution in [3.8, 4) is 0 Å². The predicted molar refractivity (Wildman–Crippen MR) is 48.0 cm³/mol. The molecule has 0 aliphatic carbocycles. The molecule has 0 spiro atoms. The summed E-state index contributed by atoms with van der Waals surface area (Å²) in [7, 11) is -5.17. The highest BCUT2D eigenvalue weighted by Crippen LogP contribution is 2.34. The Labute approximate surface area is 122 Å². The predicted octanol–water partition coefficient (Wildman–Crippen LogP) is -0.486. The molecule has 0 aromatic heterocycles. The van der Waals surface area contributed by atoms with E-state index in [4.69, 9.17) is 17.5 Å². The van der Waals surface area contributed by atoms with Crippen molar-refractivity contribution in [2.45, 2.75) is 24.2 Å². The van der Waals surface area contributed by atoms with Gasteiger partial charge in [-0.25, -0.2) is 0 Å². The smallest absolute Gasteiger partial charge is 0.459 e. The van der Waals surface area contributed by atoms with E-state index in [9.17, 15) is 43.9 Å². The van der Waals surface area contributed by atoms with Crippen LogP contribution in [0.5, 0.6) is 0 Å². The summed E-state index contributed by atoms with van der Waals surface area (Å²) in [6.45, 7) is -2.90. The first kappa shape index (κ1) is 27.0. The molecule has 23 heavy (non-hydrogen) atoms. The van der Waals surface area contributed by atoms with E-state index in [0.717, 1.165) is 0 Å². The fraction of sp³-hybridized carbons (Fsp3) is 1.00. The molecule has 0 bridgehead atoms. The molecular weight excluding hydrogens is 386 g/mol. The lowest BCUT2D eigenvalue weighted by molar-refractivity contribution is -0.441. The fourth-order valence-corrected chi connectivity index (χ4v) is 0.283. The molecule has 0 radical (unpaired) electrons. The molecule has 17 heteroatoms. The van der Waals surface area contributed by atoms with Crippen molar-refractivity contribution in [2.75, 3.05) is 13.1 Å². The Morgan fingerprint density at radius 2 is 0.783 bits per heavy atom. The van der Waals surface area contributed by atoms with Crippen LogP contribution in [-0.2, 0) is 10.4 Å². The van der Waals surface area contributed by atoms with Crippen LogP contribution in [0, 0.1) is 0 Å². The number of hydrogen-bond acceptors (Lipinski definition) is 4. The van der Waals surface area contributed by atoms with Gasteiger partial charge in [-0.2, -0.15) is 43.9 Å². The van der Waals surface area contributed by atoms with E-state index in [2.05, 4.69) is 11.5 Å². The van der Waals surface area contributed by atoms with Gasteiger partial charge in [0.2, 0.25) is 0 Å². The van der Waals surface area contributed by atoms with Gasteiger partial charge in [0.1, 0.15) is 13.1 Å². The lowest BCUT2D eigenvalue weighted by atomic mass is 10.3. The molecule has 0 aromatic carbocycles. The lowest BCUT2D eigenvalue weighted by Gasteiger charge is -2.14. The molecule has 6 N–H and O–H groups in total. The van der Waals surface area contributed by atoms with Gasteiger partial charge in [-0.1, -0.05) is 0 Å². The summed E-state index contributed by atoms with van der Waals surface area (Å²) in [6, 6.07) is 0. The number of halogens is 10. The average molecular weight is 396 g/mol. The van der Waals surface area contributed by atoms with Crippen molar-refractivity contribution in [3.05, 3.63) is 0 Å². The maximum absolute atomic E-state index is 11.5. The maximum Gasteiger partial charge on any atom is 0.459 e. The van der Waals surface area contributed by atoms with Crippen molar-refractivity contribution >= 4 is 10.4 Å². The molecule has 0 fully saturated rings. The van der Waals surface area contributed by atoms with Crippen LogP contribution in [0.4, 0.5) is 43.9 Å². The second-order valence-electron chi connectivity index (χ2n) is 3.31. The standard InChI is InChI=1S/2C3H4F5N.H2O4S/c2*4-2(5,1-9)3(6,7)8;1-5(2,3)4/h2*1,9H2;(H2,1,2,3,4). The lowest BCUT2D eigenvalue weighted by Crippen LogP contribution is -2.62. The quantitative estimate of drug-likeness (QED) is 0.370. The molecular formula is C6H10F10N2O4S. The minimum atomic E-state index is -5.45. The summed E-state index contributed by atoms with van der Waals surface area (Å²) in [5, 5.41) is 0. The van der Waals surface area contributed by atoms with Gasteiger partial charge in [0.05, 0.1) is 0 Å². The molecule has 144 valence electrons. The highest BCUT2D eigenvalue weighted by atomic mass is 32.3. The van der Waals surface area contributed by atoms with Crippen LogP contribution in [0.2, 0.25) is 0 Å². The minimum Gasteiger partial charge on any atom is -0.759 e. The van der Waals surface area contributed by atoms with Crippen molar-refractivity contribution in [1.82, 2.24) is 0 Å². The van der Waals surface area contributed by atoms with Gasteiger partial charge in [0.25, 0.3) is 0 Å². The van der Waals surface area contributed by atoms with Crippen molar-refractivity contribution in [3.63, 3.8) is 0 Å². The Morgan fingerprint density at radius 3 is 0.783 bits per heavy atom. The molecule has 0 saturated heterocycles.